The Morgan fingerprint density at radius 3 is 2.28 bits per heavy atom. The van der Waals surface area contributed by atoms with Gasteiger partial charge in [0.05, 0.1) is 5.56 Å². The van der Waals surface area contributed by atoms with Crippen LogP contribution in [0.5, 0.6) is 5.75 Å². The number of nitrogens with one attached hydrogen (secondary N) is 2. The maximum absolute atomic E-state index is 12.8. The third kappa shape index (κ3) is 6.55. The number of hydrogen-bond acceptors (Lipinski definition) is 7. The third-order valence-electron chi connectivity index (χ3n) is 4.61. The van der Waals surface area contributed by atoms with Gasteiger partial charge < -0.3 is 19.9 Å². The van der Waals surface area contributed by atoms with E-state index in [1.54, 1.807) is 12.1 Å². The van der Waals surface area contributed by atoms with E-state index in [2.05, 4.69) is 10.6 Å². The van der Waals surface area contributed by atoms with Crippen molar-refractivity contribution in [3.63, 3.8) is 0 Å². The number of hydrogen-bond donors (Lipinski definition) is 3. The van der Waals surface area contributed by atoms with E-state index < -0.39 is 22.0 Å². The van der Waals surface area contributed by atoms with Crippen LogP contribution in [0.3, 0.4) is 0 Å². The van der Waals surface area contributed by atoms with Crippen molar-refractivity contribution in [2.75, 3.05) is 10.6 Å². The monoisotopic (exact) mass is 505 g/mol. The van der Waals surface area contributed by atoms with E-state index in [-0.39, 0.29) is 38.9 Å². The smallest absolute Gasteiger partial charge is 0.339 e. The first-order valence-corrected chi connectivity index (χ1v) is 11.7. The lowest BCUT2D eigenvalue weighted by Crippen LogP contribution is -2.14. The van der Waals surface area contributed by atoms with Crippen LogP contribution in [0.2, 0.25) is 0 Å². The molecule has 0 fully saturated rings. The first kappa shape index (κ1) is 25.7. The molecule has 3 N–H and O–H groups in total. The van der Waals surface area contributed by atoms with Gasteiger partial charge in [0.1, 0.15) is 22.3 Å². The van der Waals surface area contributed by atoms with Crippen molar-refractivity contribution in [1.82, 2.24) is 0 Å². The molecular weight excluding hydrogens is 486 g/mol. The predicted molar refractivity (Wildman–Crippen MR) is 131 cm³/mol. The molecule has 0 atom stereocenters. The minimum absolute atomic E-state index is 0.0515. The number of nitriles is 1. The van der Waals surface area contributed by atoms with E-state index in [4.69, 9.17) is 9.29 Å². The minimum atomic E-state index is -4.29. The van der Waals surface area contributed by atoms with Crippen LogP contribution in [-0.4, -0.2) is 31.3 Å². The van der Waals surface area contributed by atoms with Crippen LogP contribution < -0.4 is 14.8 Å². The molecule has 0 unspecified atom stereocenters. The number of aromatic carboxylic acids is 1. The number of carbonyl (C=O) groups is 3. The topological polar surface area (TPSA) is 163 Å². The Labute approximate surface area is 206 Å². The number of anilines is 2. The van der Waals surface area contributed by atoms with Gasteiger partial charge in [0.15, 0.2) is 0 Å². The van der Waals surface area contributed by atoms with Crippen molar-refractivity contribution in [1.29, 1.82) is 5.26 Å². The third-order valence-corrected chi connectivity index (χ3v) is 5.86. The summed E-state index contributed by atoms with van der Waals surface area (Å²) in [6, 6.07) is 18.5. The molecule has 3 rings (SSSR count). The van der Waals surface area contributed by atoms with Gasteiger partial charge in [-0.15, -0.1) is 0 Å². The summed E-state index contributed by atoms with van der Waals surface area (Å²) in [6.45, 7) is 1.32. The highest BCUT2D eigenvalue weighted by Crippen LogP contribution is 2.26. The molecule has 3 aromatic carbocycles. The number of carboxylic acid groups (broad SMARTS) is 1. The van der Waals surface area contributed by atoms with Crippen LogP contribution in [0, 0.1) is 11.3 Å². The van der Waals surface area contributed by atoms with Crippen molar-refractivity contribution in [3.8, 4) is 11.8 Å². The summed E-state index contributed by atoms with van der Waals surface area (Å²) in [5.74, 6) is -2.45. The van der Waals surface area contributed by atoms with Crippen LogP contribution >= 0.6 is 0 Å². The largest absolute Gasteiger partial charge is 0.478 e. The normalized spacial score (nSPS) is 11.2. The van der Waals surface area contributed by atoms with E-state index in [9.17, 15) is 28.1 Å². The molecule has 182 valence electrons. The number of nitrogens with zero attached hydrogens (tertiary/aromatic N) is 1. The lowest BCUT2D eigenvalue weighted by Gasteiger charge is -2.11. The van der Waals surface area contributed by atoms with E-state index in [1.165, 1.54) is 73.7 Å². The number of benzene rings is 3. The summed E-state index contributed by atoms with van der Waals surface area (Å²) in [4.78, 5) is 34.7. The minimum Gasteiger partial charge on any atom is -0.478 e. The van der Waals surface area contributed by atoms with Crippen molar-refractivity contribution in [2.24, 2.45) is 0 Å². The van der Waals surface area contributed by atoms with Gasteiger partial charge in [-0.25, -0.2) is 4.79 Å². The van der Waals surface area contributed by atoms with Crippen LogP contribution in [0.4, 0.5) is 11.4 Å². The van der Waals surface area contributed by atoms with E-state index in [0.717, 1.165) is 6.08 Å². The number of carboxylic acids is 1. The molecule has 0 aliphatic rings. The molecule has 2 amide bonds. The standard InChI is InChI=1S/C25H19N3O7S/c1-16(29)27-20-9-11-22(12-10-20)36(33,34)35-23-8-3-2-5-17(23)13-19(15-26)24(30)28-21-7-4-6-18(14-21)25(31)32/h2-14H,1H3,(H,27,29)(H,28,30)(H,31,32)/b19-13+. The average molecular weight is 506 g/mol. The highest BCUT2D eigenvalue weighted by Gasteiger charge is 2.19. The Balaban J connectivity index is 1.85. The number of para-hydroxylation sites is 1. The summed E-state index contributed by atoms with van der Waals surface area (Å²) in [5, 5.41) is 23.6. The maximum atomic E-state index is 12.8. The molecule has 0 spiro atoms. The highest BCUT2D eigenvalue weighted by molar-refractivity contribution is 7.87. The number of amides is 2. The Kier molecular flexibility index (Phi) is 7.83. The first-order valence-electron chi connectivity index (χ1n) is 10.3. The zero-order valence-electron chi connectivity index (χ0n) is 18.8. The molecule has 0 radical (unpaired) electrons. The number of carbonyl (C=O) groups excluding carboxylic acids is 2. The van der Waals surface area contributed by atoms with Crippen LogP contribution in [0.1, 0.15) is 22.8 Å². The molecular formula is C25H19N3O7S. The van der Waals surface area contributed by atoms with Gasteiger partial charge in [0, 0.05) is 23.9 Å². The zero-order chi connectivity index (χ0) is 26.3. The quantitative estimate of drug-likeness (QED) is 0.237. The lowest BCUT2D eigenvalue weighted by molar-refractivity contribution is -0.114. The molecule has 0 aliphatic heterocycles. The lowest BCUT2D eigenvalue weighted by atomic mass is 10.1. The maximum Gasteiger partial charge on any atom is 0.339 e. The van der Waals surface area contributed by atoms with Crippen LogP contribution in [-0.2, 0) is 19.7 Å². The summed E-state index contributed by atoms with van der Waals surface area (Å²) in [7, 11) is -4.29. The molecule has 0 bridgehead atoms. The SMILES string of the molecule is CC(=O)Nc1ccc(S(=O)(=O)Oc2ccccc2/C=C(\C#N)C(=O)Nc2cccc(C(=O)O)c2)cc1. The Morgan fingerprint density at radius 1 is 0.944 bits per heavy atom. The summed E-state index contributed by atoms with van der Waals surface area (Å²) in [6.07, 6.45) is 1.15. The highest BCUT2D eigenvalue weighted by atomic mass is 32.2. The summed E-state index contributed by atoms with van der Waals surface area (Å²) in [5.41, 5.74) is 0.286. The Morgan fingerprint density at radius 2 is 1.64 bits per heavy atom. The zero-order valence-corrected chi connectivity index (χ0v) is 19.6. The van der Waals surface area contributed by atoms with Crippen molar-refractivity contribution in [3.05, 3.63) is 89.5 Å². The van der Waals surface area contributed by atoms with Crippen molar-refractivity contribution >= 4 is 45.4 Å². The second-order valence-corrected chi connectivity index (χ2v) is 8.84. The fourth-order valence-electron chi connectivity index (χ4n) is 2.98. The Bertz CT molecular complexity index is 1510. The molecule has 0 saturated carbocycles. The molecule has 3 aromatic rings. The summed E-state index contributed by atoms with van der Waals surface area (Å²) >= 11 is 0. The van der Waals surface area contributed by atoms with Crippen LogP contribution in [0.25, 0.3) is 6.08 Å². The van der Waals surface area contributed by atoms with Gasteiger partial charge in [-0.2, -0.15) is 13.7 Å². The number of rotatable bonds is 8. The van der Waals surface area contributed by atoms with Gasteiger partial charge >= 0.3 is 16.1 Å². The molecule has 0 heterocycles. The van der Waals surface area contributed by atoms with Crippen LogP contribution in [0.15, 0.2) is 83.3 Å². The first-order chi connectivity index (χ1) is 17.1. The molecule has 0 aliphatic carbocycles. The van der Waals surface area contributed by atoms with Crippen molar-refractivity contribution in [2.45, 2.75) is 11.8 Å². The van der Waals surface area contributed by atoms with E-state index in [1.807, 2.05) is 0 Å². The molecule has 11 heteroatoms. The summed E-state index contributed by atoms with van der Waals surface area (Å²) < 4.78 is 30.8. The van der Waals surface area contributed by atoms with Crippen molar-refractivity contribution < 1.29 is 32.1 Å². The van der Waals surface area contributed by atoms with Gasteiger partial charge in [0.2, 0.25) is 5.91 Å². The van der Waals surface area contributed by atoms with Gasteiger partial charge in [-0.05, 0) is 54.6 Å². The fraction of sp³-hybridized carbons (Fsp3) is 0.0400. The van der Waals surface area contributed by atoms with Gasteiger partial charge in [-0.3, -0.25) is 9.59 Å². The molecule has 10 nitrogen and oxygen atoms in total. The second kappa shape index (κ2) is 11.0. The fourth-order valence-corrected chi connectivity index (χ4v) is 3.94. The molecule has 36 heavy (non-hydrogen) atoms. The molecule has 0 aromatic heterocycles. The predicted octanol–water partition coefficient (Wildman–Crippen LogP) is 3.66. The van der Waals surface area contributed by atoms with Gasteiger partial charge in [-0.1, -0.05) is 24.3 Å². The van der Waals surface area contributed by atoms with E-state index in [0.29, 0.717) is 5.69 Å². The van der Waals surface area contributed by atoms with Gasteiger partial charge in [0.25, 0.3) is 5.91 Å². The van der Waals surface area contributed by atoms with E-state index >= 15 is 0 Å². The average Bonchev–Trinajstić information content (AvgIpc) is 2.83. The Hall–Kier alpha value is -4.95. The molecule has 0 saturated heterocycles. The second-order valence-electron chi connectivity index (χ2n) is 7.29.